The fourth-order valence-electron chi connectivity index (χ4n) is 5.19. The summed E-state index contributed by atoms with van der Waals surface area (Å²) in [4.78, 5) is 26.4. The van der Waals surface area contributed by atoms with E-state index in [1.54, 1.807) is 0 Å². The van der Waals surface area contributed by atoms with Crippen LogP contribution in [0.5, 0.6) is 0 Å². The molecule has 1 aromatic heterocycles. The number of anilines is 4. The first-order chi connectivity index (χ1) is 15.1. The van der Waals surface area contributed by atoms with E-state index in [9.17, 15) is 4.79 Å². The fraction of sp³-hybridized carbons (Fsp3) is 0.542. The largest absolute Gasteiger partial charge is 0.372 e. The van der Waals surface area contributed by atoms with Gasteiger partial charge in [-0.15, -0.1) is 0 Å². The predicted molar refractivity (Wildman–Crippen MR) is 124 cm³/mol. The standard InChI is InChI=1S/C24H32N6O/c1-18-17-26-23(27-19-5-7-20(8-6-19)29-13-3-2-4-14-29)28-21(18)30-15-10-24(11-16-30)9-12-25-22(24)31/h5-8,17H,2-4,9-16H2,1H3,(H,25,31)(H,26,27,28). The molecular weight excluding hydrogens is 388 g/mol. The van der Waals surface area contributed by atoms with Crippen LogP contribution in [0.25, 0.3) is 0 Å². The smallest absolute Gasteiger partial charge is 0.229 e. The maximum Gasteiger partial charge on any atom is 0.229 e. The number of aryl methyl sites for hydroxylation is 1. The second-order valence-electron chi connectivity index (χ2n) is 9.19. The van der Waals surface area contributed by atoms with Crippen LogP contribution in [0, 0.1) is 12.3 Å². The lowest BCUT2D eigenvalue weighted by molar-refractivity contribution is -0.128. The van der Waals surface area contributed by atoms with Gasteiger partial charge >= 0.3 is 0 Å². The average molecular weight is 421 g/mol. The Morgan fingerprint density at radius 1 is 0.968 bits per heavy atom. The first kappa shape index (κ1) is 20.1. The first-order valence-corrected chi connectivity index (χ1v) is 11.6. The Morgan fingerprint density at radius 3 is 2.39 bits per heavy atom. The summed E-state index contributed by atoms with van der Waals surface area (Å²) in [5.74, 6) is 1.82. The highest BCUT2D eigenvalue weighted by Gasteiger charge is 2.44. The van der Waals surface area contributed by atoms with E-state index >= 15 is 0 Å². The normalized spacial score (nSPS) is 20.7. The number of nitrogens with zero attached hydrogens (tertiary/aromatic N) is 4. The molecule has 31 heavy (non-hydrogen) atoms. The van der Waals surface area contributed by atoms with Gasteiger partial charge in [0.2, 0.25) is 11.9 Å². The van der Waals surface area contributed by atoms with Gasteiger partial charge in [0.05, 0.1) is 5.41 Å². The van der Waals surface area contributed by atoms with Gasteiger partial charge in [0.25, 0.3) is 0 Å². The van der Waals surface area contributed by atoms with E-state index in [0.717, 1.165) is 69.1 Å². The number of carbonyl (C=O) groups excluding carboxylic acids is 1. The Balaban J connectivity index is 1.26. The average Bonchev–Trinajstić information content (AvgIpc) is 3.16. The van der Waals surface area contributed by atoms with Crippen molar-refractivity contribution in [3.63, 3.8) is 0 Å². The monoisotopic (exact) mass is 420 g/mol. The number of amides is 1. The first-order valence-electron chi connectivity index (χ1n) is 11.6. The maximum atomic E-state index is 12.3. The van der Waals surface area contributed by atoms with E-state index in [1.165, 1.54) is 24.9 Å². The van der Waals surface area contributed by atoms with Gasteiger partial charge in [0, 0.05) is 55.9 Å². The quantitative estimate of drug-likeness (QED) is 0.787. The molecule has 3 saturated heterocycles. The molecule has 4 heterocycles. The number of aromatic nitrogens is 2. The van der Waals surface area contributed by atoms with Crippen LogP contribution in [-0.4, -0.2) is 48.6 Å². The van der Waals surface area contributed by atoms with E-state index in [-0.39, 0.29) is 11.3 Å². The number of benzene rings is 1. The molecule has 3 aliphatic rings. The van der Waals surface area contributed by atoms with Crippen LogP contribution < -0.4 is 20.4 Å². The molecule has 7 heteroatoms. The molecule has 1 amide bonds. The molecule has 5 rings (SSSR count). The van der Waals surface area contributed by atoms with Crippen molar-refractivity contribution in [1.29, 1.82) is 0 Å². The zero-order valence-electron chi connectivity index (χ0n) is 18.4. The second kappa shape index (κ2) is 8.36. The minimum absolute atomic E-state index is 0.158. The molecule has 0 bridgehead atoms. The molecule has 3 aliphatic heterocycles. The molecular formula is C24H32N6O. The molecule has 1 spiro atoms. The summed E-state index contributed by atoms with van der Waals surface area (Å²) < 4.78 is 0. The van der Waals surface area contributed by atoms with Gasteiger partial charge < -0.3 is 20.4 Å². The molecule has 0 radical (unpaired) electrons. The topological polar surface area (TPSA) is 73.4 Å². The molecule has 0 atom stereocenters. The van der Waals surface area contributed by atoms with Crippen LogP contribution in [0.2, 0.25) is 0 Å². The highest BCUT2D eigenvalue weighted by molar-refractivity contribution is 5.85. The van der Waals surface area contributed by atoms with Gasteiger partial charge in [-0.2, -0.15) is 4.98 Å². The second-order valence-corrected chi connectivity index (χ2v) is 9.19. The minimum Gasteiger partial charge on any atom is -0.372 e. The number of carbonyl (C=O) groups is 1. The van der Waals surface area contributed by atoms with Crippen molar-refractivity contribution in [2.75, 3.05) is 47.8 Å². The number of nitrogens with one attached hydrogen (secondary N) is 2. The Bertz CT molecular complexity index is 930. The summed E-state index contributed by atoms with van der Waals surface area (Å²) in [6.07, 6.45) is 8.53. The highest BCUT2D eigenvalue weighted by Crippen LogP contribution is 2.39. The van der Waals surface area contributed by atoms with Crippen molar-refractivity contribution in [1.82, 2.24) is 15.3 Å². The van der Waals surface area contributed by atoms with Crippen LogP contribution >= 0.6 is 0 Å². The van der Waals surface area contributed by atoms with Gasteiger partial charge in [-0.3, -0.25) is 4.79 Å². The molecule has 2 N–H and O–H groups in total. The van der Waals surface area contributed by atoms with Gasteiger partial charge in [-0.25, -0.2) is 4.98 Å². The zero-order valence-corrected chi connectivity index (χ0v) is 18.4. The van der Waals surface area contributed by atoms with E-state index in [2.05, 4.69) is 56.6 Å². The number of rotatable bonds is 4. The Hall–Kier alpha value is -2.83. The van der Waals surface area contributed by atoms with Crippen LogP contribution in [-0.2, 0) is 4.79 Å². The lowest BCUT2D eigenvalue weighted by Crippen LogP contribution is -2.44. The Kier molecular flexibility index (Phi) is 5.42. The van der Waals surface area contributed by atoms with Gasteiger partial charge in [-0.05, 0) is 69.7 Å². The SMILES string of the molecule is Cc1cnc(Nc2ccc(N3CCCCC3)cc2)nc1N1CCC2(CCNC2=O)CC1. The van der Waals surface area contributed by atoms with Crippen LogP contribution in [0.3, 0.4) is 0 Å². The van der Waals surface area contributed by atoms with E-state index in [4.69, 9.17) is 4.98 Å². The third kappa shape index (κ3) is 4.05. The third-order valence-electron chi connectivity index (χ3n) is 7.18. The van der Waals surface area contributed by atoms with Crippen molar-refractivity contribution in [2.24, 2.45) is 5.41 Å². The van der Waals surface area contributed by atoms with Crippen LogP contribution in [0.15, 0.2) is 30.5 Å². The number of hydrogen-bond donors (Lipinski definition) is 2. The summed E-state index contributed by atoms with van der Waals surface area (Å²) in [6.45, 7) is 6.88. The summed E-state index contributed by atoms with van der Waals surface area (Å²) in [5.41, 5.74) is 3.19. The van der Waals surface area contributed by atoms with Gasteiger partial charge in [-0.1, -0.05) is 0 Å². The summed E-state index contributed by atoms with van der Waals surface area (Å²) >= 11 is 0. The summed E-state index contributed by atoms with van der Waals surface area (Å²) in [6, 6.07) is 8.57. The Labute approximate surface area is 184 Å². The molecule has 7 nitrogen and oxygen atoms in total. The molecule has 2 aromatic rings. The molecule has 0 aliphatic carbocycles. The highest BCUT2D eigenvalue weighted by atomic mass is 16.2. The van der Waals surface area contributed by atoms with Crippen molar-refractivity contribution in [3.05, 3.63) is 36.0 Å². The Morgan fingerprint density at radius 2 is 1.71 bits per heavy atom. The van der Waals surface area contributed by atoms with E-state index in [1.807, 2.05) is 6.20 Å². The molecule has 0 saturated carbocycles. The van der Waals surface area contributed by atoms with Gasteiger partial charge in [0.15, 0.2) is 0 Å². The van der Waals surface area contributed by atoms with Crippen LogP contribution in [0.4, 0.5) is 23.1 Å². The third-order valence-corrected chi connectivity index (χ3v) is 7.18. The summed E-state index contributed by atoms with van der Waals surface area (Å²) in [7, 11) is 0. The summed E-state index contributed by atoms with van der Waals surface area (Å²) in [5, 5.41) is 6.38. The lowest BCUT2D eigenvalue weighted by Gasteiger charge is -2.38. The van der Waals surface area contributed by atoms with E-state index < -0.39 is 0 Å². The molecule has 164 valence electrons. The molecule has 0 unspecified atom stereocenters. The maximum absolute atomic E-state index is 12.3. The fourth-order valence-corrected chi connectivity index (χ4v) is 5.19. The number of piperidine rings is 2. The van der Waals surface area contributed by atoms with E-state index in [0.29, 0.717) is 5.95 Å². The van der Waals surface area contributed by atoms with Crippen molar-refractivity contribution >= 4 is 29.0 Å². The van der Waals surface area contributed by atoms with Crippen molar-refractivity contribution < 1.29 is 4.79 Å². The van der Waals surface area contributed by atoms with Crippen LogP contribution in [0.1, 0.15) is 44.1 Å². The number of hydrogen-bond acceptors (Lipinski definition) is 6. The molecule has 1 aromatic carbocycles. The van der Waals surface area contributed by atoms with Crippen molar-refractivity contribution in [2.45, 2.75) is 45.4 Å². The zero-order chi connectivity index (χ0) is 21.3. The predicted octanol–water partition coefficient (Wildman–Crippen LogP) is 3.63. The van der Waals surface area contributed by atoms with Crippen molar-refractivity contribution in [3.8, 4) is 0 Å². The molecule has 3 fully saturated rings. The van der Waals surface area contributed by atoms with Gasteiger partial charge in [0.1, 0.15) is 5.82 Å². The lowest BCUT2D eigenvalue weighted by atomic mass is 9.77. The minimum atomic E-state index is -0.158.